The highest BCUT2D eigenvalue weighted by molar-refractivity contribution is 6.00. The SMILES string of the molecule is COc1ccc(-c2coc3cc(OC)c(/C(C)=C/C(=O)N(C)C)cc23)cc1OC. The van der Waals surface area contributed by atoms with Crippen LogP contribution in [0.2, 0.25) is 0 Å². The fraction of sp³-hybridized carbons (Fsp3) is 0.261. The lowest BCUT2D eigenvalue weighted by Gasteiger charge is -2.12. The van der Waals surface area contributed by atoms with Crippen LogP contribution < -0.4 is 14.2 Å². The molecule has 0 saturated carbocycles. The summed E-state index contributed by atoms with van der Waals surface area (Å²) >= 11 is 0. The Morgan fingerprint density at radius 2 is 1.66 bits per heavy atom. The maximum Gasteiger partial charge on any atom is 0.246 e. The number of allylic oxidation sites excluding steroid dienone is 1. The first-order chi connectivity index (χ1) is 13.9. The van der Waals surface area contributed by atoms with E-state index in [-0.39, 0.29) is 5.91 Å². The smallest absolute Gasteiger partial charge is 0.246 e. The van der Waals surface area contributed by atoms with E-state index in [0.717, 1.165) is 27.6 Å². The Bertz CT molecular complexity index is 1080. The molecule has 2 aromatic carbocycles. The van der Waals surface area contributed by atoms with E-state index < -0.39 is 0 Å². The van der Waals surface area contributed by atoms with Crippen molar-refractivity contribution in [1.82, 2.24) is 4.90 Å². The average molecular weight is 395 g/mol. The Balaban J connectivity index is 2.16. The van der Waals surface area contributed by atoms with Gasteiger partial charge in [-0.3, -0.25) is 4.79 Å². The van der Waals surface area contributed by atoms with Crippen molar-refractivity contribution in [1.29, 1.82) is 0 Å². The number of amides is 1. The first-order valence-electron chi connectivity index (χ1n) is 9.11. The van der Waals surface area contributed by atoms with Crippen LogP contribution in [0.3, 0.4) is 0 Å². The maximum absolute atomic E-state index is 12.1. The van der Waals surface area contributed by atoms with Gasteiger partial charge in [-0.1, -0.05) is 6.07 Å². The number of likely N-dealkylation sites (N-methyl/N-ethyl adjacent to an activating group) is 1. The summed E-state index contributed by atoms with van der Waals surface area (Å²) in [5.74, 6) is 1.86. The van der Waals surface area contributed by atoms with Crippen LogP contribution in [-0.4, -0.2) is 46.2 Å². The van der Waals surface area contributed by atoms with Gasteiger partial charge in [-0.25, -0.2) is 0 Å². The van der Waals surface area contributed by atoms with Crippen LogP contribution in [-0.2, 0) is 4.79 Å². The summed E-state index contributed by atoms with van der Waals surface area (Å²) in [6.07, 6.45) is 3.30. The zero-order valence-corrected chi connectivity index (χ0v) is 17.5. The van der Waals surface area contributed by atoms with Crippen LogP contribution in [0.25, 0.3) is 27.7 Å². The van der Waals surface area contributed by atoms with Crippen molar-refractivity contribution in [3.63, 3.8) is 0 Å². The Morgan fingerprint density at radius 1 is 0.966 bits per heavy atom. The fourth-order valence-electron chi connectivity index (χ4n) is 3.15. The van der Waals surface area contributed by atoms with Crippen molar-refractivity contribution in [2.45, 2.75) is 6.92 Å². The van der Waals surface area contributed by atoms with Crippen molar-refractivity contribution in [2.24, 2.45) is 0 Å². The lowest BCUT2D eigenvalue weighted by Crippen LogP contribution is -2.19. The highest BCUT2D eigenvalue weighted by Crippen LogP contribution is 2.39. The van der Waals surface area contributed by atoms with Crippen LogP contribution >= 0.6 is 0 Å². The zero-order chi connectivity index (χ0) is 21.1. The number of carbonyl (C=O) groups excluding carboxylic acids is 1. The molecule has 152 valence electrons. The van der Waals surface area contributed by atoms with Gasteiger partial charge >= 0.3 is 0 Å². The minimum atomic E-state index is -0.0862. The maximum atomic E-state index is 12.1. The minimum absolute atomic E-state index is 0.0862. The summed E-state index contributed by atoms with van der Waals surface area (Å²) in [7, 11) is 8.25. The van der Waals surface area contributed by atoms with Crippen molar-refractivity contribution in [3.8, 4) is 28.4 Å². The highest BCUT2D eigenvalue weighted by atomic mass is 16.5. The molecule has 0 radical (unpaired) electrons. The first kappa shape index (κ1) is 20.3. The van der Waals surface area contributed by atoms with Crippen molar-refractivity contribution in [2.75, 3.05) is 35.4 Å². The first-order valence-corrected chi connectivity index (χ1v) is 9.11. The number of rotatable bonds is 6. The number of hydrogen-bond donors (Lipinski definition) is 0. The van der Waals surface area contributed by atoms with E-state index in [2.05, 4.69) is 0 Å². The van der Waals surface area contributed by atoms with Crippen molar-refractivity contribution in [3.05, 3.63) is 48.2 Å². The van der Waals surface area contributed by atoms with E-state index in [0.29, 0.717) is 22.8 Å². The van der Waals surface area contributed by atoms with Crippen molar-refractivity contribution >= 4 is 22.4 Å². The van der Waals surface area contributed by atoms with E-state index in [1.165, 1.54) is 4.90 Å². The molecule has 0 aliphatic heterocycles. The minimum Gasteiger partial charge on any atom is -0.496 e. The summed E-state index contributed by atoms with van der Waals surface area (Å²) in [5.41, 5.74) is 4.18. The van der Waals surface area contributed by atoms with Gasteiger partial charge in [0.05, 0.1) is 27.6 Å². The van der Waals surface area contributed by atoms with Gasteiger partial charge in [-0.05, 0) is 36.3 Å². The molecule has 0 unspecified atom stereocenters. The largest absolute Gasteiger partial charge is 0.496 e. The van der Waals surface area contributed by atoms with Crippen LogP contribution in [0.4, 0.5) is 0 Å². The predicted molar refractivity (Wildman–Crippen MR) is 114 cm³/mol. The number of nitrogens with zero attached hydrogens (tertiary/aromatic N) is 1. The molecule has 0 N–H and O–H groups in total. The summed E-state index contributed by atoms with van der Waals surface area (Å²) in [6.45, 7) is 1.89. The zero-order valence-electron chi connectivity index (χ0n) is 17.5. The lowest BCUT2D eigenvalue weighted by molar-refractivity contribution is -0.123. The number of hydrogen-bond acceptors (Lipinski definition) is 5. The molecular weight excluding hydrogens is 370 g/mol. The van der Waals surface area contributed by atoms with Crippen molar-refractivity contribution < 1.29 is 23.4 Å². The molecule has 0 aliphatic carbocycles. The topological polar surface area (TPSA) is 61.1 Å². The van der Waals surface area contributed by atoms with Gasteiger partial charge in [0, 0.05) is 42.8 Å². The molecule has 0 atom stereocenters. The van der Waals surface area contributed by atoms with Gasteiger partial charge in [0.2, 0.25) is 5.91 Å². The second-order valence-corrected chi connectivity index (χ2v) is 6.83. The third kappa shape index (κ3) is 3.92. The Morgan fingerprint density at radius 3 is 2.28 bits per heavy atom. The van der Waals surface area contributed by atoms with Crippen LogP contribution in [0.1, 0.15) is 12.5 Å². The highest BCUT2D eigenvalue weighted by Gasteiger charge is 2.16. The van der Waals surface area contributed by atoms with Crippen LogP contribution in [0.5, 0.6) is 17.2 Å². The molecule has 0 fully saturated rings. The molecule has 0 saturated heterocycles. The summed E-state index contributed by atoms with van der Waals surface area (Å²) in [6, 6.07) is 9.54. The van der Waals surface area contributed by atoms with E-state index in [9.17, 15) is 4.79 Å². The Labute approximate surface area is 170 Å². The molecule has 29 heavy (non-hydrogen) atoms. The molecule has 6 nitrogen and oxygen atoms in total. The monoisotopic (exact) mass is 395 g/mol. The van der Waals surface area contributed by atoms with E-state index in [4.69, 9.17) is 18.6 Å². The fourth-order valence-corrected chi connectivity index (χ4v) is 3.15. The standard InChI is InChI=1S/C23H25NO5/c1-14(9-23(25)24(2)3)16-11-17-18(13-29-21(17)12-20(16)27-5)15-7-8-19(26-4)22(10-15)28-6/h7-13H,1-6H3/b14-9+. The second kappa shape index (κ2) is 8.31. The van der Waals surface area contributed by atoms with E-state index >= 15 is 0 Å². The van der Waals surface area contributed by atoms with Gasteiger partial charge in [0.15, 0.2) is 11.5 Å². The molecule has 0 aliphatic rings. The third-order valence-corrected chi connectivity index (χ3v) is 4.80. The molecule has 0 bridgehead atoms. The third-order valence-electron chi connectivity index (χ3n) is 4.80. The normalized spacial score (nSPS) is 11.4. The molecule has 1 aromatic heterocycles. The molecule has 1 heterocycles. The van der Waals surface area contributed by atoms with Gasteiger partial charge in [-0.15, -0.1) is 0 Å². The molecular formula is C23H25NO5. The van der Waals surface area contributed by atoms with E-state index in [1.807, 2.05) is 37.3 Å². The average Bonchev–Trinajstić information content (AvgIpc) is 3.14. The number of fused-ring (bicyclic) bond motifs is 1. The second-order valence-electron chi connectivity index (χ2n) is 6.83. The number of benzene rings is 2. The van der Waals surface area contributed by atoms with Gasteiger partial charge in [-0.2, -0.15) is 0 Å². The molecule has 3 rings (SSSR count). The van der Waals surface area contributed by atoms with Crippen LogP contribution in [0, 0.1) is 0 Å². The Hall–Kier alpha value is -3.41. The molecule has 1 amide bonds. The van der Waals surface area contributed by atoms with E-state index in [1.54, 1.807) is 47.8 Å². The number of furan rings is 1. The quantitative estimate of drug-likeness (QED) is 0.570. The van der Waals surface area contributed by atoms with Gasteiger partial charge < -0.3 is 23.5 Å². The molecule has 3 aromatic rings. The summed E-state index contributed by atoms with van der Waals surface area (Å²) in [5, 5.41) is 0.915. The number of ether oxygens (including phenoxy) is 3. The lowest BCUT2D eigenvalue weighted by atomic mass is 9.99. The van der Waals surface area contributed by atoms with Gasteiger partial charge in [0.25, 0.3) is 0 Å². The summed E-state index contributed by atoms with van der Waals surface area (Å²) < 4.78 is 22.1. The Kier molecular flexibility index (Phi) is 5.82. The van der Waals surface area contributed by atoms with Gasteiger partial charge in [0.1, 0.15) is 11.3 Å². The molecule has 0 spiro atoms. The summed E-state index contributed by atoms with van der Waals surface area (Å²) in [4.78, 5) is 13.7. The number of carbonyl (C=O) groups is 1. The predicted octanol–water partition coefficient (Wildman–Crippen LogP) is 4.62. The van der Waals surface area contributed by atoms with Crippen LogP contribution in [0.15, 0.2) is 47.1 Å². The molecule has 6 heteroatoms. The number of methoxy groups -OCH3 is 3.